The Morgan fingerprint density at radius 2 is 2.19 bits per heavy atom. The normalized spacial score (nSPS) is 24.5. The molecule has 0 aromatic heterocycles. The van der Waals surface area contributed by atoms with E-state index in [4.69, 9.17) is 0 Å². The van der Waals surface area contributed by atoms with Gasteiger partial charge in [-0.1, -0.05) is 13.0 Å². The molecule has 2 rings (SSSR count). The number of nitriles is 1. The van der Waals surface area contributed by atoms with Crippen LogP contribution in [0.25, 0.3) is 0 Å². The molecule has 84 valence electrons. The summed E-state index contributed by atoms with van der Waals surface area (Å²) in [5.41, 5.74) is 1.82. The van der Waals surface area contributed by atoms with Crippen molar-refractivity contribution >= 4 is 21.6 Å². The first-order valence-electron chi connectivity index (χ1n) is 5.58. The summed E-state index contributed by atoms with van der Waals surface area (Å²) in [4.78, 5) is 2.34. The van der Waals surface area contributed by atoms with E-state index in [2.05, 4.69) is 40.7 Å². The number of benzene rings is 1. The Kier molecular flexibility index (Phi) is 3.20. The molecular formula is C13H15BrN2. The van der Waals surface area contributed by atoms with E-state index in [0.717, 1.165) is 22.3 Å². The molecule has 1 aliphatic heterocycles. The van der Waals surface area contributed by atoms with Crippen LogP contribution in [0.2, 0.25) is 0 Å². The maximum atomic E-state index is 9.21. The Bertz CT molecular complexity index is 436. The number of rotatable bonds is 1. The van der Waals surface area contributed by atoms with Crippen LogP contribution in [0, 0.1) is 17.2 Å². The van der Waals surface area contributed by atoms with Gasteiger partial charge in [-0.15, -0.1) is 0 Å². The second-order valence-electron chi connectivity index (χ2n) is 4.59. The zero-order chi connectivity index (χ0) is 11.7. The number of anilines is 1. The van der Waals surface area contributed by atoms with Gasteiger partial charge in [0, 0.05) is 17.1 Å². The Balaban J connectivity index is 2.41. The van der Waals surface area contributed by atoms with Gasteiger partial charge in [0.2, 0.25) is 0 Å². The van der Waals surface area contributed by atoms with Gasteiger partial charge in [-0.3, -0.25) is 0 Å². The van der Waals surface area contributed by atoms with Crippen LogP contribution in [0.15, 0.2) is 22.7 Å². The fourth-order valence-corrected chi connectivity index (χ4v) is 2.94. The molecule has 0 N–H and O–H groups in total. The Morgan fingerprint density at radius 1 is 1.44 bits per heavy atom. The molecule has 2 unspecified atom stereocenters. The summed E-state index contributed by atoms with van der Waals surface area (Å²) in [7, 11) is 0. The van der Waals surface area contributed by atoms with Crippen molar-refractivity contribution in [3.8, 4) is 6.07 Å². The van der Waals surface area contributed by atoms with Crippen molar-refractivity contribution in [2.75, 3.05) is 11.4 Å². The van der Waals surface area contributed by atoms with Gasteiger partial charge in [-0.2, -0.15) is 5.26 Å². The van der Waals surface area contributed by atoms with Crippen molar-refractivity contribution in [2.24, 2.45) is 5.92 Å². The van der Waals surface area contributed by atoms with Crippen molar-refractivity contribution in [2.45, 2.75) is 26.3 Å². The molecule has 1 aliphatic rings. The van der Waals surface area contributed by atoms with Gasteiger partial charge in [-0.25, -0.2) is 0 Å². The van der Waals surface area contributed by atoms with E-state index in [1.807, 2.05) is 18.2 Å². The molecule has 1 aromatic carbocycles. The van der Waals surface area contributed by atoms with Gasteiger partial charge in [0.1, 0.15) is 6.07 Å². The van der Waals surface area contributed by atoms with Gasteiger partial charge in [0.25, 0.3) is 0 Å². The monoisotopic (exact) mass is 278 g/mol. The maximum Gasteiger partial charge on any atom is 0.103 e. The average Bonchev–Trinajstić information content (AvgIpc) is 2.57. The molecule has 0 radical (unpaired) electrons. The molecule has 0 spiro atoms. The third kappa shape index (κ3) is 1.94. The minimum atomic E-state index is 0.524. The molecule has 0 saturated carbocycles. The molecule has 16 heavy (non-hydrogen) atoms. The van der Waals surface area contributed by atoms with Crippen molar-refractivity contribution < 1.29 is 0 Å². The van der Waals surface area contributed by atoms with Gasteiger partial charge >= 0.3 is 0 Å². The summed E-state index contributed by atoms with van der Waals surface area (Å²) in [6, 6.07) is 8.77. The number of nitrogens with zero attached hydrogens (tertiary/aromatic N) is 2. The minimum Gasteiger partial charge on any atom is -0.367 e. The Hall–Kier alpha value is -1.01. The molecule has 2 nitrogen and oxygen atoms in total. The number of hydrogen-bond donors (Lipinski definition) is 0. The second-order valence-corrected chi connectivity index (χ2v) is 5.44. The molecule has 1 aromatic rings. The van der Waals surface area contributed by atoms with Crippen LogP contribution < -0.4 is 4.90 Å². The van der Waals surface area contributed by atoms with Crippen molar-refractivity contribution in [1.29, 1.82) is 5.26 Å². The molecule has 1 heterocycles. The lowest BCUT2D eigenvalue weighted by Gasteiger charge is -2.25. The Labute approximate surface area is 105 Å². The van der Waals surface area contributed by atoms with Crippen LogP contribution in [0.3, 0.4) is 0 Å². The van der Waals surface area contributed by atoms with E-state index < -0.39 is 0 Å². The maximum absolute atomic E-state index is 9.21. The highest BCUT2D eigenvalue weighted by atomic mass is 79.9. The van der Waals surface area contributed by atoms with E-state index in [0.29, 0.717) is 12.0 Å². The zero-order valence-electron chi connectivity index (χ0n) is 9.57. The molecule has 2 atom stereocenters. The van der Waals surface area contributed by atoms with Crippen LogP contribution in [-0.4, -0.2) is 12.6 Å². The average molecular weight is 279 g/mol. The van der Waals surface area contributed by atoms with Crippen LogP contribution in [0.4, 0.5) is 5.69 Å². The van der Waals surface area contributed by atoms with E-state index in [-0.39, 0.29) is 0 Å². The van der Waals surface area contributed by atoms with Crippen LogP contribution in [0.5, 0.6) is 0 Å². The quantitative estimate of drug-likeness (QED) is 0.786. The molecule has 1 saturated heterocycles. The van der Waals surface area contributed by atoms with Gasteiger partial charge in [0.15, 0.2) is 0 Å². The lowest BCUT2D eigenvalue weighted by atomic mass is 10.1. The highest BCUT2D eigenvalue weighted by Crippen LogP contribution is 2.33. The first-order chi connectivity index (χ1) is 7.63. The SMILES string of the molecule is CC1CC(C)N(c2cccc(Br)c2C#N)C1. The molecule has 0 amide bonds. The van der Waals surface area contributed by atoms with E-state index in [9.17, 15) is 5.26 Å². The summed E-state index contributed by atoms with van der Waals surface area (Å²) in [5, 5.41) is 9.21. The highest BCUT2D eigenvalue weighted by Gasteiger charge is 2.28. The van der Waals surface area contributed by atoms with Gasteiger partial charge in [-0.05, 0) is 47.3 Å². The molecule has 3 heteroatoms. The Morgan fingerprint density at radius 3 is 2.75 bits per heavy atom. The fraction of sp³-hybridized carbons (Fsp3) is 0.462. The number of hydrogen-bond acceptors (Lipinski definition) is 2. The second kappa shape index (κ2) is 4.47. The summed E-state index contributed by atoms with van der Waals surface area (Å²) in [5.74, 6) is 0.709. The first kappa shape index (κ1) is 11.5. The van der Waals surface area contributed by atoms with Gasteiger partial charge < -0.3 is 4.90 Å². The number of halogens is 1. The van der Waals surface area contributed by atoms with Crippen LogP contribution in [-0.2, 0) is 0 Å². The molecular weight excluding hydrogens is 264 g/mol. The predicted octanol–water partition coefficient (Wildman–Crippen LogP) is 3.56. The van der Waals surface area contributed by atoms with E-state index in [1.54, 1.807) is 0 Å². The largest absolute Gasteiger partial charge is 0.367 e. The predicted molar refractivity (Wildman–Crippen MR) is 69.4 cm³/mol. The third-order valence-electron chi connectivity index (χ3n) is 3.20. The summed E-state index contributed by atoms with van der Waals surface area (Å²) >= 11 is 3.44. The highest BCUT2D eigenvalue weighted by molar-refractivity contribution is 9.10. The topological polar surface area (TPSA) is 27.0 Å². The third-order valence-corrected chi connectivity index (χ3v) is 3.86. The van der Waals surface area contributed by atoms with Crippen molar-refractivity contribution in [3.05, 3.63) is 28.2 Å². The van der Waals surface area contributed by atoms with Crippen LogP contribution in [0.1, 0.15) is 25.8 Å². The molecule has 0 aliphatic carbocycles. The lowest BCUT2D eigenvalue weighted by Crippen LogP contribution is -2.27. The summed E-state index contributed by atoms with van der Waals surface area (Å²) in [6.45, 7) is 5.54. The van der Waals surface area contributed by atoms with Crippen molar-refractivity contribution in [3.63, 3.8) is 0 Å². The molecule has 1 fully saturated rings. The van der Waals surface area contributed by atoms with Crippen LogP contribution >= 0.6 is 15.9 Å². The van der Waals surface area contributed by atoms with E-state index >= 15 is 0 Å². The summed E-state index contributed by atoms with van der Waals surface area (Å²) in [6.07, 6.45) is 1.21. The lowest BCUT2D eigenvalue weighted by molar-refractivity contribution is 0.625. The minimum absolute atomic E-state index is 0.524. The smallest absolute Gasteiger partial charge is 0.103 e. The zero-order valence-corrected chi connectivity index (χ0v) is 11.2. The summed E-state index contributed by atoms with van der Waals surface area (Å²) < 4.78 is 0.888. The van der Waals surface area contributed by atoms with Crippen molar-refractivity contribution in [1.82, 2.24) is 0 Å². The van der Waals surface area contributed by atoms with Gasteiger partial charge in [0.05, 0.1) is 11.3 Å². The standard InChI is InChI=1S/C13H15BrN2/c1-9-6-10(2)16(8-9)13-5-3-4-12(14)11(13)7-15/h3-5,9-10H,6,8H2,1-2H3. The fourth-order valence-electron chi connectivity index (χ4n) is 2.50. The molecule has 0 bridgehead atoms. The van der Waals surface area contributed by atoms with E-state index in [1.165, 1.54) is 6.42 Å². The first-order valence-corrected chi connectivity index (χ1v) is 6.38.